The Hall–Kier alpha value is -2.67. The lowest BCUT2D eigenvalue weighted by Gasteiger charge is -1.96. The van der Waals surface area contributed by atoms with Gasteiger partial charge in [0, 0.05) is 24.2 Å². The second-order valence-corrected chi connectivity index (χ2v) is 3.63. The van der Waals surface area contributed by atoms with Crippen molar-refractivity contribution in [2.24, 2.45) is 0 Å². The SMILES string of the molecule is N#Cc1c(-c2cccnc2)[nH]c2cccnc12. The first-order chi connectivity index (χ1) is 8.40. The minimum Gasteiger partial charge on any atom is -0.352 e. The maximum Gasteiger partial charge on any atom is 0.106 e. The van der Waals surface area contributed by atoms with Crippen molar-refractivity contribution < 1.29 is 0 Å². The molecular formula is C13H8N4. The van der Waals surface area contributed by atoms with Crippen LogP contribution in [0.2, 0.25) is 0 Å². The summed E-state index contributed by atoms with van der Waals surface area (Å²) in [5, 5.41) is 9.24. The molecule has 0 aliphatic heterocycles. The zero-order valence-electron chi connectivity index (χ0n) is 8.88. The average Bonchev–Trinajstić information content (AvgIpc) is 2.78. The normalized spacial score (nSPS) is 10.3. The van der Waals surface area contributed by atoms with Gasteiger partial charge in [0.25, 0.3) is 0 Å². The minimum atomic E-state index is 0.564. The van der Waals surface area contributed by atoms with Crippen molar-refractivity contribution in [1.29, 1.82) is 5.26 Å². The van der Waals surface area contributed by atoms with E-state index in [0.717, 1.165) is 16.8 Å². The zero-order chi connectivity index (χ0) is 11.7. The lowest BCUT2D eigenvalue weighted by atomic mass is 10.1. The summed E-state index contributed by atoms with van der Waals surface area (Å²) in [5.74, 6) is 0. The summed E-state index contributed by atoms with van der Waals surface area (Å²) in [5.41, 5.74) is 3.79. The standard InChI is InChI=1S/C13H8N4/c14-7-10-12(9-3-1-5-15-8-9)17-11-4-2-6-16-13(10)11/h1-6,8,17H. The van der Waals surface area contributed by atoms with Crippen molar-refractivity contribution in [3.05, 3.63) is 48.4 Å². The van der Waals surface area contributed by atoms with E-state index in [4.69, 9.17) is 0 Å². The fourth-order valence-electron chi connectivity index (χ4n) is 1.86. The van der Waals surface area contributed by atoms with Crippen LogP contribution in [-0.4, -0.2) is 15.0 Å². The monoisotopic (exact) mass is 220 g/mol. The Morgan fingerprint density at radius 2 is 2.06 bits per heavy atom. The summed E-state index contributed by atoms with van der Waals surface area (Å²) in [7, 11) is 0. The molecular weight excluding hydrogens is 212 g/mol. The highest BCUT2D eigenvalue weighted by molar-refractivity contribution is 5.90. The van der Waals surface area contributed by atoms with Crippen LogP contribution < -0.4 is 0 Å². The van der Waals surface area contributed by atoms with Gasteiger partial charge in [-0.1, -0.05) is 0 Å². The van der Waals surface area contributed by atoms with E-state index in [2.05, 4.69) is 21.0 Å². The molecule has 0 aromatic carbocycles. The van der Waals surface area contributed by atoms with E-state index in [9.17, 15) is 5.26 Å². The number of fused-ring (bicyclic) bond motifs is 1. The van der Waals surface area contributed by atoms with Gasteiger partial charge in [0.15, 0.2) is 0 Å². The molecule has 0 saturated heterocycles. The molecule has 80 valence electrons. The summed E-state index contributed by atoms with van der Waals surface area (Å²) < 4.78 is 0. The molecule has 3 heterocycles. The fourth-order valence-corrected chi connectivity index (χ4v) is 1.86. The largest absolute Gasteiger partial charge is 0.352 e. The number of pyridine rings is 2. The number of nitrogens with zero attached hydrogens (tertiary/aromatic N) is 3. The maximum absolute atomic E-state index is 9.24. The molecule has 3 aromatic heterocycles. The van der Waals surface area contributed by atoms with E-state index in [0.29, 0.717) is 11.1 Å². The van der Waals surface area contributed by atoms with E-state index in [-0.39, 0.29) is 0 Å². The van der Waals surface area contributed by atoms with Gasteiger partial charge in [-0.2, -0.15) is 5.26 Å². The van der Waals surface area contributed by atoms with Crippen LogP contribution in [0.3, 0.4) is 0 Å². The summed E-state index contributed by atoms with van der Waals surface area (Å²) in [6.45, 7) is 0. The summed E-state index contributed by atoms with van der Waals surface area (Å²) >= 11 is 0. The Morgan fingerprint density at radius 1 is 1.18 bits per heavy atom. The third-order valence-electron chi connectivity index (χ3n) is 2.62. The molecule has 3 rings (SSSR count). The molecule has 17 heavy (non-hydrogen) atoms. The Labute approximate surface area is 97.6 Å². The molecule has 0 aliphatic rings. The number of nitriles is 1. The number of hydrogen-bond donors (Lipinski definition) is 1. The Balaban J connectivity index is 2.35. The Morgan fingerprint density at radius 3 is 2.82 bits per heavy atom. The number of nitrogens with one attached hydrogen (secondary N) is 1. The highest BCUT2D eigenvalue weighted by atomic mass is 14.8. The number of hydrogen-bond acceptors (Lipinski definition) is 3. The number of H-pyrrole nitrogens is 1. The van der Waals surface area contributed by atoms with E-state index < -0.39 is 0 Å². The van der Waals surface area contributed by atoms with Crippen LogP contribution in [0.5, 0.6) is 0 Å². The highest BCUT2D eigenvalue weighted by Crippen LogP contribution is 2.27. The number of aromatic nitrogens is 3. The molecule has 0 atom stereocenters. The lowest BCUT2D eigenvalue weighted by Crippen LogP contribution is -1.82. The molecule has 4 heteroatoms. The first-order valence-electron chi connectivity index (χ1n) is 5.17. The molecule has 0 radical (unpaired) electrons. The topological polar surface area (TPSA) is 65.4 Å². The molecule has 0 bridgehead atoms. The van der Waals surface area contributed by atoms with Gasteiger partial charge < -0.3 is 4.98 Å². The van der Waals surface area contributed by atoms with Crippen molar-refractivity contribution in [3.8, 4) is 17.3 Å². The minimum absolute atomic E-state index is 0.564. The van der Waals surface area contributed by atoms with Gasteiger partial charge in [0.1, 0.15) is 17.1 Å². The van der Waals surface area contributed by atoms with Gasteiger partial charge in [0.05, 0.1) is 11.2 Å². The van der Waals surface area contributed by atoms with Gasteiger partial charge in [-0.3, -0.25) is 9.97 Å². The molecule has 0 amide bonds. The van der Waals surface area contributed by atoms with Gasteiger partial charge in [-0.05, 0) is 24.3 Å². The van der Waals surface area contributed by atoms with Gasteiger partial charge in [-0.15, -0.1) is 0 Å². The molecule has 0 fully saturated rings. The molecule has 1 N–H and O–H groups in total. The van der Waals surface area contributed by atoms with E-state index in [1.54, 1.807) is 18.6 Å². The third-order valence-corrected chi connectivity index (χ3v) is 2.62. The second-order valence-electron chi connectivity index (χ2n) is 3.63. The van der Waals surface area contributed by atoms with Crippen LogP contribution in [0, 0.1) is 11.3 Å². The van der Waals surface area contributed by atoms with Crippen LogP contribution in [0.1, 0.15) is 5.56 Å². The zero-order valence-corrected chi connectivity index (χ0v) is 8.88. The van der Waals surface area contributed by atoms with E-state index in [1.807, 2.05) is 24.3 Å². The molecule has 0 spiro atoms. The summed E-state index contributed by atoms with van der Waals surface area (Å²) in [6, 6.07) is 9.70. The quantitative estimate of drug-likeness (QED) is 0.685. The number of rotatable bonds is 1. The Kier molecular flexibility index (Phi) is 2.09. The molecule has 0 saturated carbocycles. The van der Waals surface area contributed by atoms with Gasteiger partial charge in [-0.25, -0.2) is 0 Å². The van der Waals surface area contributed by atoms with Crippen LogP contribution in [0.25, 0.3) is 22.3 Å². The maximum atomic E-state index is 9.24. The predicted molar refractivity (Wildman–Crippen MR) is 64.0 cm³/mol. The summed E-state index contributed by atoms with van der Waals surface area (Å²) in [6.07, 6.45) is 5.12. The first kappa shape index (κ1) is 9.55. The smallest absolute Gasteiger partial charge is 0.106 e. The van der Waals surface area contributed by atoms with E-state index >= 15 is 0 Å². The fraction of sp³-hybridized carbons (Fsp3) is 0. The number of aromatic amines is 1. The third kappa shape index (κ3) is 1.45. The lowest BCUT2D eigenvalue weighted by molar-refractivity contribution is 1.31. The second kappa shape index (κ2) is 3.72. The van der Waals surface area contributed by atoms with Gasteiger partial charge in [0.2, 0.25) is 0 Å². The van der Waals surface area contributed by atoms with Crippen molar-refractivity contribution in [2.45, 2.75) is 0 Å². The Bertz CT molecular complexity index is 707. The van der Waals surface area contributed by atoms with Crippen molar-refractivity contribution >= 4 is 11.0 Å². The summed E-state index contributed by atoms with van der Waals surface area (Å²) in [4.78, 5) is 11.5. The molecule has 3 aromatic rings. The van der Waals surface area contributed by atoms with Crippen LogP contribution in [0.4, 0.5) is 0 Å². The predicted octanol–water partition coefficient (Wildman–Crippen LogP) is 2.50. The molecule has 4 nitrogen and oxygen atoms in total. The van der Waals surface area contributed by atoms with Crippen LogP contribution >= 0.6 is 0 Å². The molecule has 0 unspecified atom stereocenters. The van der Waals surface area contributed by atoms with Crippen LogP contribution in [-0.2, 0) is 0 Å². The van der Waals surface area contributed by atoms with Crippen molar-refractivity contribution in [3.63, 3.8) is 0 Å². The average molecular weight is 220 g/mol. The van der Waals surface area contributed by atoms with Crippen molar-refractivity contribution in [1.82, 2.24) is 15.0 Å². The van der Waals surface area contributed by atoms with Crippen molar-refractivity contribution in [2.75, 3.05) is 0 Å². The highest BCUT2D eigenvalue weighted by Gasteiger charge is 2.13. The van der Waals surface area contributed by atoms with E-state index in [1.165, 1.54) is 0 Å². The van der Waals surface area contributed by atoms with Gasteiger partial charge >= 0.3 is 0 Å². The van der Waals surface area contributed by atoms with Crippen LogP contribution in [0.15, 0.2) is 42.9 Å². The molecule has 0 aliphatic carbocycles. The first-order valence-corrected chi connectivity index (χ1v) is 5.17.